The van der Waals surface area contributed by atoms with Crippen LogP contribution >= 0.6 is 0 Å². The topological polar surface area (TPSA) is 38.4 Å². The van der Waals surface area contributed by atoms with Gasteiger partial charge in [0.25, 0.3) is 0 Å². The van der Waals surface area contributed by atoms with E-state index in [0.717, 1.165) is 17.7 Å². The molecule has 0 spiro atoms. The summed E-state index contributed by atoms with van der Waals surface area (Å²) in [5.41, 5.74) is 5.94. The van der Waals surface area contributed by atoms with Crippen molar-refractivity contribution in [3.63, 3.8) is 0 Å². The smallest absolute Gasteiger partial charge is 0.0971 e. The van der Waals surface area contributed by atoms with E-state index < -0.39 is 0 Å². The molecule has 2 aliphatic rings. The van der Waals surface area contributed by atoms with Gasteiger partial charge in [-0.25, -0.2) is 0 Å². The molecule has 0 radical (unpaired) electrons. The summed E-state index contributed by atoms with van der Waals surface area (Å²) in [5.74, 6) is 3.29. The number of aliphatic imine (C=N–C) groups is 1. The number of nitrogens with zero attached hydrogens (tertiary/aromatic N) is 1. The lowest BCUT2D eigenvalue weighted by Crippen LogP contribution is -2.26. The van der Waals surface area contributed by atoms with Gasteiger partial charge in [0, 0.05) is 5.92 Å². The van der Waals surface area contributed by atoms with E-state index in [9.17, 15) is 0 Å². The largest absolute Gasteiger partial charge is 0.387 e. The fraction of sp³-hybridized carbons (Fsp3) is 0.917. The Kier molecular flexibility index (Phi) is 2.80. The Morgan fingerprint density at radius 1 is 1.07 bits per heavy atom. The standard InChI is InChI=1S/C12H22N2/c1-8-3-6-11(7-9(8)2)14-12(13)10-4-5-10/h8-11H,3-7H2,1-2H3,(H2,13,14). The average Bonchev–Trinajstić information content (AvgIpc) is 2.94. The Morgan fingerprint density at radius 2 is 1.79 bits per heavy atom. The van der Waals surface area contributed by atoms with E-state index in [2.05, 4.69) is 18.8 Å². The van der Waals surface area contributed by atoms with E-state index in [4.69, 9.17) is 5.73 Å². The summed E-state index contributed by atoms with van der Waals surface area (Å²) in [6.07, 6.45) is 6.36. The van der Waals surface area contributed by atoms with Gasteiger partial charge in [0.2, 0.25) is 0 Å². The van der Waals surface area contributed by atoms with Gasteiger partial charge in [0.05, 0.1) is 11.9 Å². The van der Waals surface area contributed by atoms with Crippen LogP contribution in [0.2, 0.25) is 0 Å². The van der Waals surface area contributed by atoms with Crippen LogP contribution in [0.4, 0.5) is 0 Å². The number of hydrogen-bond acceptors (Lipinski definition) is 1. The molecule has 2 nitrogen and oxygen atoms in total. The predicted octanol–water partition coefficient (Wildman–Crippen LogP) is 2.58. The lowest BCUT2D eigenvalue weighted by molar-refractivity contribution is 0.252. The quantitative estimate of drug-likeness (QED) is 0.532. The molecule has 2 fully saturated rings. The SMILES string of the molecule is CC1CCC(N=C(N)C2CC2)CC1C. The van der Waals surface area contributed by atoms with Gasteiger partial charge in [-0.3, -0.25) is 4.99 Å². The molecule has 0 amide bonds. The molecule has 3 unspecified atom stereocenters. The summed E-state index contributed by atoms with van der Waals surface area (Å²) in [4.78, 5) is 4.68. The van der Waals surface area contributed by atoms with Crippen LogP contribution in [0.5, 0.6) is 0 Å². The minimum Gasteiger partial charge on any atom is -0.387 e. The molecular formula is C12H22N2. The first kappa shape index (κ1) is 10.0. The predicted molar refractivity (Wildman–Crippen MR) is 60.3 cm³/mol. The van der Waals surface area contributed by atoms with Gasteiger partial charge in [-0.1, -0.05) is 13.8 Å². The Bertz CT molecular complexity index is 230. The first-order valence-electron chi connectivity index (χ1n) is 6.00. The summed E-state index contributed by atoms with van der Waals surface area (Å²) >= 11 is 0. The Hall–Kier alpha value is -0.530. The highest BCUT2D eigenvalue weighted by Gasteiger charge is 2.28. The van der Waals surface area contributed by atoms with E-state index in [1.54, 1.807) is 0 Å². The molecule has 0 aromatic rings. The molecule has 2 aliphatic carbocycles. The van der Waals surface area contributed by atoms with Gasteiger partial charge in [0.1, 0.15) is 0 Å². The van der Waals surface area contributed by atoms with Crippen LogP contribution in [0.3, 0.4) is 0 Å². The first-order chi connectivity index (χ1) is 6.66. The van der Waals surface area contributed by atoms with E-state index in [1.165, 1.54) is 32.1 Å². The van der Waals surface area contributed by atoms with Crippen molar-refractivity contribution in [3.8, 4) is 0 Å². The van der Waals surface area contributed by atoms with E-state index in [0.29, 0.717) is 12.0 Å². The van der Waals surface area contributed by atoms with Crippen molar-refractivity contribution in [2.45, 2.75) is 52.0 Å². The lowest BCUT2D eigenvalue weighted by atomic mass is 9.79. The molecule has 0 saturated heterocycles. The summed E-state index contributed by atoms with van der Waals surface area (Å²) in [6.45, 7) is 4.70. The number of hydrogen-bond donors (Lipinski definition) is 1. The third kappa shape index (κ3) is 2.28. The maximum atomic E-state index is 5.94. The highest BCUT2D eigenvalue weighted by molar-refractivity contribution is 5.85. The van der Waals surface area contributed by atoms with Crippen LogP contribution in [-0.2, 0) is 0 Å². The average molecular weight is 194 g/mol. The molecule has 2 heteroatoms. The van der Waals surface area contributed by atoms with Crippen LogP contribution in [0.25, 0.3) is 0 Å². The zero-order valence-corrected chi connectivity index (χ0v) is 9.37. The molecule has 80 valence electrons. The van der Waals surface area contributed by atoms with Crippen molar-refractivity contribution in [3.05, 3.63) is 0 Å². The molecule has 0 heterocycles. The number of amidine groups is 1. The van der Waals surface area contributed by atoms with Gasteiger partial charge in [0.15, 0.2) is 0 Å². The van der Waals surface area contributed by atoms with Crippen molar-refractivity contribution in [1.29, 1.82) is 0 Å². The molecule has 14 heavy (non-hydrogen) atoms. The minimum absolute atomic E-state index is 0.529. The second-order valence-electron chi connectivity index (χ2n) is 5.25. The van der Waals surface area contributed by atoms with Crippen molar-refractivity contribution >= 4 is 5.84 Å². The van der Waals surface area contributed by atoms with Crippen LogP contribution < -0.4 is 5.73 Å². The summed E-state index contributed by atoms with van der Waals surface area (Å²) in [7, 11) is 0. The van der Waals surface area contributed by atoms with Gasteiger partial charge in [-0.05, 0) is 43.9 Å². The van der Waals surface area contributed by atoms with E-state index >= 15 is 0 Å². The number of nitrogens with two attached hydrogens (primary N) is 1. The van der Waals surface area contributed by atoms with Crippen LogP contribution in [0.1, 0.15) is 46.0 Å². The minimum atomic E-state index is 0.529. The van der Waals surface area contributed by atoms with Crippen molar-refractivity contribution in [2.24, 2.45) is 28.5 Å². The van der Waals surface area contributed by atoms with Gasteiger partial charge in [-0.2, -0.15) is 0 Å². The maximum absolute atomic E-state index is 5.94. The van der Waals surface area contributed by atoms with E-state index in [-0.39, 0.29) is 0 Å². The molecular weight excluding hydrogens is 172 g/mol. The monoisotopic (exact) mass is 194 g/mol. The Morgan fingerprint density at radius 3 is 2.36 bits per heavy atom. The highest BCUT2D eigenvalue weighted by atomic mass is 14.9. The summed E-state index contributed by atoms with van der Waals surface area (Å²) < 4.78 is 0. The van der Waals surface area contributed by atoms with Gasteiger partial charge in [-0.15, -0.1) is 0 Å². The second-order valence-corrected chi connectivity index (χ2v) is 5.25. The Labute approximate surface area is 87.0 Å². The highest BCUT2D eigenvalue weighted by Crippen LogP contribution is 2.33. The number of rotatable bonds is 2. The fourth-order valence-electron chi connectivity index (χ4n) is 2.33. The third-order valence-corrected chi connectivity index (χ3v) is 3.90. The van der Waals surface area contributed by atoms with Crippen LogP contribution in [-0.4, -0.2) is 11.9 Å². The summed E-state index contributed by atoms with van der Waals surface area (Å²) in [5, 5.41) is 0. The molecule has 0 aliphatic heterocycles. The molecule has 2 rings (SSSR count). The first-order valence-corrected chi connectivity index (χ1v) is 6.00. The van der Waals surface area contributed by atoms with E-state index in [1.807, 2.05) is 0 Å². The maximum Gasteiger partial charge on any atom is 0.0971 e. The van der Waals surface area contributed by atoms with Gasteiger partial charge < -0.3 is 5.73 Å². The molecule has 0 aromatic carbocycles. The second kappa shape index (κ2) is 3.92. The Balaban J connectivity index is 1.89. The fourth-order valence-corrected chi connectivity index (χ4v) is 2.33. The van der Waals surface area contributed by atoms with Crippen molar-refractivity contribution < 1.29 is 0 Å². The summed E-state index contributed by atoms with van der Waals surface area (Å²) in [6, 6.07) is 0.529. The molecule has 2 N–H and O–H groups in total. The van der Waals surface area contributed by atoms with Crippen LogP contribution in [0, 0.1) is 17.8 Å². The lowest BCUT2D eigenvalue weighted by Gasteiger charge is -2.30. The molecule has 2 saturated carbocycles. The zero-order valence-electron chi connectivity index (χ0n) is 9.37. The normalized spacial score (nSPS) is 39.9. The molecule has 0 bridgehead atoms. The molecule has 3 atom stereocenters. The third-order valence-electron chi connectivity index (χ3n) is 3.90. The van der Waals surface area contributed by atoms with Crippen LogP contribution in [0.15, 0.2) is 4.99 Å². The van der Waals surface area contributed by atoms with Crippen molar-refractivity contribution in [1.82, 2.24) is 0 Å². The molecule has 0 aromatic heterocycles. The van der Waals surface area contributed by atoms with Crippen molar-refractivity contribution in [2.75, 3.05) is 0 Å². The zero-order chi connectivity index (χ0) is 10.1. The van der Waals surface area contributed by atoms with Gasteiger partial charge >= 0.3 is 0 Å².